The molecule has 3 nitrogen and oxygen atoms in total. The van der Waals surface area contributed by atoms with Gasteiger partial charge in [-0.25, -0.2) is 0 Å². The molecule has 0 radical (unpaired) electrons. The van der Waals surface area contributed by atoms with E-state index in [-0.39, 0.29) is 12.4 Å². The van der Waals surface area contributed by atoms with Crippen molar-refractivity contribution in [3.63, 3.8) is 0 Å². The molecule has 1 aromatic heterocycles. The van der Waals surface area contributed by atoms with Gasteiger partial charge < -0.3 is 10.1 Å². The van der Waals surface area contributed by atoms with Crippen LogP contribution in [0, 0.1) is 5.92 Å². The van der Waals surface area contributed by atoms with Gasteiger partial charge in [-0.3, -0.25) is 4.98 Å². The maximum absolute atomic E-state index is 5.88. The van der Waals surface area contributed by atoms with Gasteiger partial charge in [0.2, 0.25) is 0 Å². The van der Waals surface area contributed by atoms with Crippen molar-refractivity contribution in [3.05, 3.63) is 36.7 Å². The number of hydrogen-bond donors (Lipinski definition) is 1. The van der Waals surface area contributed by atoms with Crippen LogP contribution in [-0.4, -0.2) is 24.7 Å². The first-order valence-corrected chi connectivity index (χ1v) is 7.09. The number of hydrogen-bond acceptors (Lipinski definition) is 3. The topological polar surface area (TPSA) is 34.1 Å². The standard InChI is InChI=1S/C16H20N2O.ClH/c1-2-16(11-14-5-9-18-12-15(1)14)19-10-6-13-3-7-17-8-4-13;/h1-2,5,9,11-13,17H,3-4,6-8,10H2;1H. The second-order valence-electron chi connectivity index (χ2n) is 5.22. The second kappa shape index (κ2) is 7.46. The molecule has 2 heterocycles. The van der Waals surface area contributed by atoms with Crippen LogP contribution in [0.4, 0.5) is 0 Å². The molecule has 1 saturated heterocycles. The fourth-order valence-electron chi connectivity index (χ4n) is 2.67. The summed E-state index contributed by atoms with van der Waals surface area (Å²) in [5.74, 6) is 1.79. The number of aromatic nitrogens is 1. The Labute approximate surface area is 126 Å². The Balaban J connectivity index is 0.00000147. The Bertz CT molecular complexity index is 541. The third-order valence-electron chi connectivity index (χ3n) is 3.87. The summed E-state index contributed by atoms with van der Waals surface area (Å²) in [6.07, 6.45) is 7.44. The highest BCUT2D eigenvalue weighted by Gasteiger charge is 2.12. The molecule has 108 valence electrons. The van der Waals surface area contributed by atoms with Crippen LogP contribution in [-0.2, 0) is 0 Å². The molecule has 1 aromatic carbocycles. The molecular formula is C16H21ClN2O. The summed E-state index contributed by atoms with van der Waals surface area (Å²) < 4.78 is 5.88. The average molecular weight is 293 g/mol. The summed E-state index contributed by atoms with van der Waals surface area (Å²) in [4.78, 5) is 4.12. The van der Waals surface area contributed by atoms with Crippen molar-refractivity contribution in [3.8, 4) is 5.75 Å². The van der Waals surface area contributed by atoms with Gasteiger partial charge in [-0.15, -0.1) is 12.4 Å². The lowest BCUT2D eigenvalue weighted by molar-refractivity contribution is 0.252. The van der Waals surface area contributed by atoms with Crippen molar-refractivity contribution < 1.29 is 4.74 Å². The van der Waals surface area contributed by atoms with Crippen LogP contribution in [0.3, 0.4) is 0 Å². The van der Waals surface area contributed by atoms with Gasteiger partial charge in [-0.1, -0.05) is 0 Å². The highest BCUT2D eigenvalue weighted by molar-refractivity contribution is 5.85. The average Bonchev–Trinajstić information content (AvgIpc) is 2.48. The zero-order valence-corrected chi connectivity index (χ0v) is 12.4. The quantitative estimate of drug-likeness (QED) is 0.937. The smallest absolute Gasteiger partial charge is 0.119 e. The molecule has 0 bridgehead atoms. The van der Waals surface area contributed by atoms with E-state index in [2.05, 4.69) is 22.4 Å². The van der Waals surface area contributed by atoms with E-state index in [1.54, 1.807) is 0 Å². The number of piperidine rings is 1. The first-order chi connectivity index (χ1) is 9.42. The highest BCUT2D eigenvalue weighted by Crippen LogP contribution is 2.21. The zero-order chi connectivity index (χ0) is 12.9. The van der Waals surface area contributed by atoms with Crippen LogP contribution < -0.4 is 10.1 Å². The minimum absolute atomic E-state index is 0. The van der Waals surface area contributed by atoms with E-state index in [4.69, 9.17) is 4.74 Å². The van der Waals surface area contributed by atoms with Crippen LogP contribution in [0.5, 0.6) is 5.75 Å². The summed E-state index contributed by atoms with van der Waals surface area (Å²) in [5, 5.41) is 5.75. The molecule has 2 aromatic rings. The normalized spacial score (nSPS) is 15.8. The van der Waals surface area contributed by atoms with Gasteiger partial charge in [-0.2, -0.15) is 0 Å². The van der Waals surface area contributed by atoms with Gasteiger partial charge in [0.15, 0.2) is 0 Å². The van der Waals surface area contributed by atoms with Crippen LogP contribution in [0.1, 0.15) is 19.3 Å². The number of halogens is 1. The number of rotatable bonds is 4. The van der Waals surface area contributed by atoms with E-state index in [0.29, 0.717) is 0 Å². The number of nitrogens with zero attached hydrogens (tertiary/aromatic N) is 1. The van der Waals surface area contributed by atoms with E-state index < -0.39 is 0 Å². The molecule has 1 N–H and O–H groups in total. The molecule has 0 spiro atoms. The van der Waals surface area contributed by atoms with E-state index in [1.165, 1.54) is 18.2 Å². The third-order valence-corrected chi connectivity index (χ3v) is 3.87. The Morgan fingerprint density at radius 2 is 2.00 bits per heavy atom. The SMILES string of the molecule is Cl.c1cc2cc(OCCC3CCNCC3)ccc2cn1. The van der Waals surface area contributed by atoms with Gasteiger partial charge in [0.05, 0.1) is 6.61 Å². The second-order valence-corrected chi connectivity index (χ2v) is 5.22. The van der Waals surface area contributed by atoms with E-state index >= 15 is 0 Å². The van der Waals surface area contributed by atoms with Crippen molar-refractivity contribution in [1.29, 1.82) is 0 Å². The molecule has 20 heavy (non-hydrogen) atoms. The number of benzene rings is 1. The molecule has 0 unspecified atom stereocenters. The fraction of sp³-hybridized carbons (Fsp3) is 0.438. The zero-order valence-electron chi connectivity index (χ0n) is 11.5. The van der Waals surface area contributed by atoms with E-state index in [1.807, 2.05) is 24.5 Å². The van der Waals surface area contributed by atoms with Crippen LogP contribution in [0.2, 0.25) is 0 Å². The first-order valence-electron chi connectivity index (χ1n) is 7.09. The molecule has 0 amide bonds. The summed E-state index contributed by atoms with van der Waals surface area (Å²) in [6.45, 7) is 3.14. The molecule has 1 aliphatic rings. The first kappa shape index (κ1) is 15.1. The Kier molecular flexibility index (Phi) is 5.62. The van der Waals surface area contributed by atoms with Crippen molar-refractivity contribution in [1.82, 2.24) is 10.3 Å². The molecule has 0 saturated carbocycles. The Morgan fingerprint density at radius 3 is 2.85 bits per heavy atom. The monoisotopic (exact) mass is 292 g/mol. The van der Waals surface area contributed by atoms with Crippen LogP contribution in [0.25, 0.3) is 10.8 Å². The number of ether oxygens (including phenoxy) is 1. The van der Waals surface area contributed by atoms with Crippen molar-refractivity contribution in [2.45, 2.75) is 19.3 Å². The molecular weight excluding hydrogens is 272 g/mol. The van der Waals surface area contributed by atoms with Crippen LogP contribution >= 0.6 is 12.4 Å². The van der Waals surface area contributed by atoms with Crippen LogP contribution in [0.15, 0.2) is 36.7 Å². The molecule has 1 fully saturated rings. The Hall–Kier alpha value is -1.32. The minimum Gasteiger partial charge on any atom is -0.494 e. The van der Waals surface area contributed by atoms with Gasteiger partial charge in [-0.05, 0) is 67.9 Å². The van der Waals surface area contributed by atoms with Gasteiger partial charge >= 0.3 is 0 Å². The number of pyridine rings is 1. The summed E-state index contributed by atoms with van der Waals surface area (Å²) in [7, 11) is 0. The lowest BCUT2D eigenvalue weighted by Crippen LogP contribution is -2.28. The molecule has 0 atom stereocenters. The lowest BCUT2D eigenvalue weighted by atomic mass is 9.95. The molecule has 1 aliphatic heterocycles. The molecule has 4 heteroatoms. The van der Waals surface area contributed by atoms with E-state index in [0.717, 1.165) is 43.2 Å². The van der Waals surface area contributed by atoms with Crippen molar-refractivity contribution in [2.24, 2.45) is 5.92 Å². The summed E-state index contributed by atoms with van der Waals surface area (Å²) in [5.41, 5.74) is 0. The molecule has 0 aliphatic carbocycles. The predicted molar refractivity (Wildman–Crippen MR) is 84.7 cm³/mol. The highest BCUT2D eigenvalue weighted by atomic mass is 35.5. The maximum atomic E-state index is 5.88. The summed E-state index contributed by atoms with van der Waals surface area (Å²) >= 11 is 0. The largest absolute Gasteiger partial charge is 0.494 e. The van der Waals surface area contributed by atoms with Gasteiger partial charge in [0.25, 0.3) is 0 Å². The maximum Gasteiger partial charge on any atom is 0.119 e. The van der Waals surface area contributed by atoms with Crippen molar-refractivity contribution >= 4 is 23.2 Å². The minimum atomic E-state index is 0. The number of fused-ring (bicyclic) bond motifs is 1. The van der Waals surface area contributed by atoms with E-state index in [9.17, 15) is 0 Å². The fourth-order valence-corrected chi connectivity index (χ4v) is 2.67. The number of nitrogens with one attached hydrogen (secondary N) is 1. The summed E-state index contributed by atoms with van der Waals surface area (Å²) in [6, 6.07) is 8.23. The van der Waals surface area contributed by atoms with Gasteiger partial charge in [0, 0.05) is 17.8 Å². The third kappa shape index (κ3) is 3.84. The lowest BCUT2D eigenvalue weighted by Gasteiger charge is -2.22. The Morgan fingerprint density at radius 1 is 1.15 bits per heavy atom. The van der Waals surface area contributed by atoms with Gasteiger partial charge in [0.1, 0.15) is 5.75 Å². The molecule has 3 rings (SSSR count). The van der Waals surface area contributed by atoms with Crippen molar-refractivity contribution in [2.75, 3.05) is 19.7 Å². The predicted octanol–water partition coefficient (Wildman–Crippen LogP) is 3.43.